The van der Waals surface area contributed by atoms with Gasteiger partial charge < -0.3 is 14.5 Å². The molecule has 0 saturated carbocycles. The first-order chi connectivity index (χ1) is 10.8. The monoisotopic (exact) mass is 309 g/mol. The Kier molecular flexibility index (Phi) is 6.10. The van der Waals surface area contributed by atoms with Gasteiger partial charge in [0.1, 0.15) is 0 Å². The van der Waals surface area contributed by atoms with Crippen LogP contribution >= 0.6 is 0 Å². The van der Waals surface area contributed by atoms with Crippen LogP contribution in [0.15, 0.2) is 0 Å². The van der Waals surface area contributed by atoms with Gasteiger partial charge in [0.15, 0.2) is 0 Å². The molecular weight excluding hydrogens is 278 g/mol. The van der Waals surface area contributed by atoms with Gasteiger partial charge in [-0.15, -0.1) is 0 Å². The van der Waals surface area contributed by atoms with Crippen LogP contribution in [0, 0.1) is 0 Å². The first-order valence-electron chi connectivity index (χ1n) is 9.15. The van der Waals surface area contributed by atoms with Crippen molar-refractivity contribution in [2.75, 3.05) is 59.0 Å². The van der Waals surface area contributed by atoms with Crippen LogP contribution < -0.4 is 0 Å². The third-order valence-corrected chi connectivity index (χ3v) is 5.29. The van der Waals surface area contributed by atoms with E-state index >= 15 is 0 Å². The van der Waals surface area contributed by atoms with Gasteiger partial charge in [-0.2, -0.15) is 0 Å². The lowest BCUT2D eigenvalue weighted by Gasteiger charge is -2.24. The molecule has 3 aliphatic heterocycles. The number of rotatable bonds is 5. The molecule has 3 heterocycles. The van der Waals surface area contributed by atoms with Crippen molar-refractivity contribution < 1.29 is 9.53 Å². The van der Waals surface area contributed by atoms with E-state index in [1.54, 1.807) is 0 Å². The maximum atomic E-state index is 12.3. The molecule has 0 N–H and O–H groups in total. The molecule has 3 aliphatic rings. The Morgan fingerprint density at radius 1 is 0.909 bits per heavy atom. The van der Waals surface area contributed by atoms with Crippen molar-refractivity contribution in [1.82, 2.24) is 14.7 Å². The fourth-order valence-electron chi connectivity index (χ4n) is 3.86. The molecule has 126 valence electrons. The van der Waals surface area contributed by atoms with Gasteiger partial charge in [-0.1, -0.05) is 0 Å². The van der Waals surface area contributed by atoms with Crippen molar-refractivity contribution >= 4 is 5.91 Å². The molecule has 0 aromatic carbocycles. The Bertz CT molecular complexity index is 352. The second-order valence-corrected chi connectivity index (χ2v) is 6.98. The van der Waals surface area contributed by atoms with Crippen molar-refractivity contribution in [3.63, 3.8) is 0 Å². The van der Waals surface area contributed by atoms with Crippen LogP contribution in [0.4, 0.5) is 0 Å². The third kappa shape index (κ3) is 4.67. The van der Waals surface area contributed by atoms with Crippen LogP contribution in [0.25, 0.3) is 0 Å². The Morgan fingerprint density at radius 3 is 2.45 bits per heavy atom. The van der Waals surface area contributed by atoms with E-state index < -0.39 is 0 Å². The van der Waals surface area contributed by atoms with E-state index in [0.29, 0.717) is 18.6 Å². The molecule has 0 aromatic heterocycles. The number of likely N-dealkylation sites (tertiary alicyclic amines) is 1. The number of amides is 1. The zero-order valence-electron chi connectivity index (χ0n) is 13.8. The van der Waals surface area contributed by atoms with Gasteiger partial charge in [0.05, 0.1) is 12.6 Å². The smallest absolute Gasteiger partial charge is 0.236 e. The van der Waals surface area contributed by atoms with E-state index in [0.717, 1.165) is 45.9 Å². The number of hydrogen-bond acceptors (Lipinski definition) is 4. The minimum atomic E-state index is 0.338. The van der Waals surface area contributed by atoms with Gasteiger partial charge >= 0.3 is 0 Å². The summed E-state index contributed by atoms with van der Waals surface area (Å²) in [4.78, 5) is 19.2. The van der Waals surface area contributed by atoms with Crippen molar-refractivity contribution in [3.8, 4) is 0 Å². The minimum Gasteiger partial charge on any atom is -0.378 e. The lowest BCUT2D eigenvalue weighted by atomic mass is 10.2. The highest BCUT2D eigenvalue weighted by molar-refractivity contribution is 5.78. The molecular formula is C17H31N3O2. The van der Waals surface area contributed by atoms with Crippen LogP contribution in [0.3, 0.4) is 0 Å². The Hall–Kier alpha value is -0.650. The van der Waals surface area contributed by atoms with Gasteiger partial charge in [0, 0.05) is 39.3 Å². The SMILES string of the molecule is O=C(CN1CCCN(CC[C@@H]2CCCO2)CC1)N1CCCC1. The van der Waals surface area contributed by atoms with Crippen molar-refractivity contribution in [2.24, 2.45) is 0 Å². The predicted octanol–water partition coefficient (Wildman–Crippen LogP) is 1.19. The Morgan fingerprint density at radius 2 is 1.68 bits per heavy atom. The molecule has 3 fully saturated rings. The number of hydrogen-bond donors (Lipinski definition) is 0. The highest BCUT2D eigenvalue weighted by Crippen LogP contribution is 2.16. The maximum absolute atomic E-state index is 12.3. The van der Waals surface area contributed by atoms with Crippen LogP contribution in [0.1, 0.15) is 38.5 Å². The second kappa shape index (κ2) is 8.27. The van der Waals surface area contributed by atoms with E-state index in [2.05, 4.69) is 9.80 Å². The molecule has 0 bridgehead atoms. The van der Waals surface area contributed by atoms with E-state index in [1.165, 1.54) is 45.1 Å². The molecule has 0 radical (unpaired) electrons. The number of ether oxygens (including phenoxy) is 1. The molecule has 0 unspecified atom stereocenters. The quantitative estimate of drug-likeness (QED) is 0.764. The number of nitrogens with zero attached hydrogens (tertiary/aromatic N) is 3. The highest BCUT2D eigenvalue weighted by atomic mass is 16.5. The zero-order valence-corrected chi connectivity index (χ0v) is 13.8. The van der Waals surface area contributed by atoms with Crippen LogP contribution in [0.2, 0.25) is 0 Å². The summed E-state index contributed by atoms with van der Waals surface area (Å²) < 4.78 is 5.72. The van der Waals surface area contributed by atoms with Crippen LogP contribution in [-0.2, 0) is 9.53 Å². The van der Waals surface area contributed by atoms with Crippen molar-refractivity contribution in [3.05, 3.63) is 0 Å². The number of carbonyl (C=O) groups is 1. The van der Waals surface area contributed by atoms with Crippen LogP contribution in [-0.4, -0.2) is 85.7 Å². The van der Waals surface area contributed by atoms with Crippen molar-refractivity contribution in [1.29, 1.82) is 0 Å². The van der Waals surface area contributed by atoms with Gasteiger partial charge in [-0.25, -0.2) is 0 Å². The minimum absolute atomic E-state index is 0.338. The van der Waals surface area contributed by atoms with E-state index in [4.69, 9.17) is 4.74 Å². The Balaban J connectivity index is 1.36. The van der Waals surface area contributed by atoms with Gasteiger partial charge in [0.25, 0.3) is 0 Å². The number of carbonyl (C=O) groups excluding carboxylic acids is 1. The van der Waals surface area contributed by atoms with Gasteiger partial charge in [-0.3, -0.25) is 9.69 Å². The zero-order chi connectivity index (χ0) is 15.2. The van der Waals surface area contributed by atoms with Gasteiger partial charge in [0.2, 0.25) is 5.91 Å². The molecule has 3 saturated heterocycles. The summed E-state index contributed by atoms with van der Waals surface area (Å²) >= 11 is 0. The highest BCUT2D eigenvalue weighted by Gasteiger charge is 2.23. The summed E-state index contributed by atoms with van der Waals surface area (Å²) in [5.74, 6) is 0.338. The lowest BCUT2D eigenvalue weighted by Crippen LogP contribution is -2.40. The average Bonchev–Trinajstić information content (AvgIpc) is 3.18. The first kappa shape index (κ1) is 16.2. The second-order valence-electron chi connectivity index (χ2n) is 6.98. The summed E-state index contributed by atoms with van der Waals surface area (Å²) in [6.07, 6.45) is 7.69. The standard InChI is InChI=1S/C17H31N3O2/c21-17(20-9-1-2-10-20)15-19-8-4-7-18(12-13-19)11-6-16-5-3-14-22-16/h16H,1-15H2/t16-/m0/s1. The molecule has 22 heavy (non-hydrogen) atoms. The van der Waals surface area contributed by atoms with E-state index in [9.17, 15) is 4.79 Å². The summed E-state index contributed by atoms with van der Waals surface area (Å²) in [5.41, 5.74) is 0. The third-order valence-electron chi connectivity index (χ3n) is 5.29. The molecule has 3 rings (SSSR count). The van der Waals surface area contributed by atoms with Crippen molar-refractivity contribution in [2.45, 2.75) is 44.6 Å². The van der Waals surface area contributed by atoms with E-state index in [-0.39, 0.29) is 0 Å². The molecule has 1 amide bonds. The van der Waals surface area contributed by atoms with Gasteiger partial charge in [-0.05, 0) is 51.6 Å². The molecule has 1 atom stereocenters. The average molecular weight is 309 g/mol. The molecule has 5 heteroatoms. The summed E-state index contributed by atoms with van der Waals surface area (Å²) in [6, 6.07) is 0. The lowest BCUT2D eigenvalue weighted by molar-refractivity contribution is -0.131. The predicted molar refractivity (Wildman–Crippen MR) is 86.9 cm³/mol. The fourth-order valence-corrected chi connectivity index (χ4v) is 3.86. The normalized spacial score (nSPS) is 28.2. The summed E-state index contributed by atoms with van der Waals surface area (Å²) in [6.45, 7) is 9.04. The molecule has 0 spiro atoms. The summed E-state index contributed by atoms with van der Waals surface area (Å²) in [5, 5.41) is 0. The Labute approximate surface area is 134 Å². The summed E-state index contributed by atoms with van der Waals surface area (Å²) in [7, 11) is 0. The molecule has 0 aromatic rings. The van der Waals surface area contributed by atoms with Crippen LogP contribution in [0.5, 0.6) is 0 Å². The molecule has 0 aliphatic carbocycles. The first-order valence-corrected chi connectivity index (χ1v) is 9.15. The van der Waals surface area contributed by atoms with E-state index in [1.807, 2.05) is 4.90 Å². The fraction of sp³-hybridized carbons (Fsp3) is 0.941. The largest absolute Gasteiger partial charge is 0.378 e. The maximum Gasteiger partial charge on any atom is 0.236 e. The topological polar surface area (TPSA) is 36.0 Å². The molecule has 5 nitrogen and oxygen atoms in total.